The molecule has 0 saturated heterocycles. The molecule has 1 amide bonds. The van der Waals surface area contributed by atoms with Gasteiger partial charge in [0.1, 0.15) is 0 Å². The SMILES string of the molecule is Cc1cc2cccc(NC(=O)c3ccc4c(ccn4C)c3)c2[nH]1. The summed E-state index contributed by atoms with van der Waals surface area (Å²) in [4.78, 5) is 15.9. The number of aromatic amines is 1. The second-order valence-corrected chi connectivity index (χ2v) is 5.88. The van der Waals surface area contributed by atoms with Crippen molar-refractivity contribution in [1.82, 2.24) is 9.55 Å². The first kappa shape index (κ1) is 13.6. The second-order valence-electron chi connectivity index (χ2n) is 5.88. The van der Waals surface area contributed by atoms with E-state index in [1.54, 1.807) is 0 Å². The summed E-state index contributed by atoms with van der Waals surface area (Å²) in [7, 11) is 2.00. The highest BCUT2D eigenvalue weighted by Gasteiger charge is 2.11. The number of carbonyl (C=O) groups excluding carboxylic acids is 1. The maximum Gasteiger partial charge on any atom is 0.255 e. The number of benzene rings is 2. The Kier molecular flexibility index (Phi) is 2.98. The Bertz CT molecular complexity index is 1040. The first-order chi connectivity index (χ1) is 11.1. The largest absolute Gasteiger partial charge is 0.357 e. The maximum atomic E-state index is 12.6. The number of anilines is 1. The van der Waals surface area contributed by atoms with E-state index in [1.807, 2.05) is 67.2 Å². The highest BCUT2D eigenvalue weighted by Crippen LogP contribution is 2.24. The first-order valence-corrected chi connectivity index (χ1v) is 7.56. The maximum absolute atomic E-state index is 12.6. The van der Waals surface area contributed by atoms with Gasteiger partial charge in [0.25, 0.3) is 5.91 Å². The lowest BCUT2D eigenvalue weighted by Crippen LogP contribution is -2.12. The number of fused-ring (bicyclic) bond motifs is 2. The van der Waals surface area contributed by atoms with Gasteiger partial charge in [-0.3, -0.25) is 4.79 Å². The molecule has 0 aliphatic carbocycles. The zero-order chi connectivity index (χ0) is 16.0. The van der Waals surface area contributed by atoms with E-state index in [9.17, 15) is 4.79 Å². The molecule has 4 heteroatoms. The number of aryl methyl sites for hydroxylation is 2. The van der Waals surface area contributed by atoms with Crippen molar-refractivity contribution in [1.29, 1.82) is 0 Å². The summed E-state index contributed by atoms with van der Waals surface area (Å²) < 4.78 is 2.04. The lowest BCUT2D eigenvalue weighted by atomic mass is 10.1. The van der Waals surface area contributed by atoms with Gasteiger partial charge in [0.15, 0.2) is 0 Å². The van der Waals surface area contributed by atoms with Crippen molar-refractivity contribution in [2.45, 2.75) is 6.92 Å². The van der Waals surface area contributed by atoms with Gasteiger partial charge >= 0.3 is 0 Å². The number of H-pyrrole nitrogens is 1. The van der Waals surface area contributed by atoms with E-state index < -0.39 is 0 Å². The highest BCUT2D eigenvalue weighted by molar-refractivity contribution is 6.09. The quantitative estimate of drug-likeness (QED) is 0.572. The first-order valence-electron chi connectivity index (χ1n) is 7.56. The molecule has 2 aromatic carbocycles. The van der Waals surface area contributed by atoms with Crippen molar-refractivity contribution >= 4 is 33.4 Å². The monoisotopic (exact) mass is 303 g/mol. The van der Waals surface area contributed by atoms with E-state index in [-0.39, 0.29) is 5.91 Å². The molecule has 0 atom stereocenters. The normalized spacial score (nSPS) is 11.2. The fourth-order valence-electron chi connectivity index (χ4n) is 3.02. The molecule has 2 heterocycles. The summed E-state index contributed by atoms with van der Waals surface area (Å²) >= 11 is 0. The van der Waals surface area contributed by atoms with Crippen molar-refractivity contribution in [3.05, 3.63) is 66.0 Å². The predicted molar refractivity (Wildman–Crippen MR) is 93.9 cm³/mol. The van der Waals surface area contributed by atoms with E-state index >= 15 is 0 Å². The van der Waals surface area contributed by atoms with Gasteiger partial charge in [-0.05, 0) is 43.3 Å². The molecule has 0 saturated carbocycles. The van der Waals surface area contributed by atoms with Gasteiger partial charge in [0, 0.05) is 40.8 Å². The Morgan fingerprint density at radius 2 is 1.96 bits per heavy atom. The molecule has 0 unspecified atom stereocenters. The minimum Gasteiger partial charge on any atom is -0.357 e. The van der Waals surface area contributed by atoms with E-state index in [4.69, 9.17) is 0 Å². The Morgan fingerprint density at radius 3 is 2.83 bits per heavy atom. The number of amides is 1. The molecule has 2 N–H and O–H groups in total. The third kappa shape index (κ3) is 2.28. The summed E-state index contributed by atoms with van der Waals surface area (Å²) in [5.74, 6) is -0.101. The average Bonchev–Trinajstić information content (AvgIpc) is 3.10. The van der Waals surface area contributed by atoms with Crippen LogP contribution in [-0.2, 0) is 7.05 Å². The van der Waals surface area contributed by atoms with Crippen molar-refractivity contribution in [3.63, 3.8) is 0 Å². The fourth-order valence-corrected chi connectivity index (χ4v) is 3.02. The van der Waals surface area contributed by atoms with E-state index in [2.05, 4.69) is 16.4 Å². The molecule has 0 aliphatic heterocycles. The van der Waals surface area contributed by atoms with Crippen LogP contribution in [0, 0.1) is 6.92 Å². The van der Waals surface area contributed by atoms with Crippen molar-refractivity contribution in [2.75, 3.05) is 5.32 Å². The Hall–Kier alpha value is -3.01. The number of aromatic nitrogens is 2. The number of carbonyl (C=O) groups is 1. The Labute approximate surface area is 133 Å². The topological polar surface area (TPSA) is 49.8 Å². The van der Waals surface area contributed by atoms with Crippen LogP contribution in [0.1, 0.15) is 16.1 Å². The molecule has 4 aromatic rings. The summed E-state index contributed by atoms with van der Waals surface area (Å²) in [6.07, 6.45) is 1.99. The fraction of sp³-hybridized carbons (Fsp3) is 0.105. The summed E-state index contributed by atoms with van der Waals surface area (Å²) in [6.45, 7) is 2.01. The lowest BCUT2D eigenvalue weighted by molar-refractivity contribution is 0.102. The number of hydrogen-bond acceptors (Lipinski definition) is 1. The Morgan fingerprint density at radius 1 is 1.09 bits per heavy atom. The van der Waals surface area contributed by atoms with Crippen LogP contribution < -0.4 is 5.32 Å². The van der Waals surface area contributed by atoms with E-state index in [1.165, 1.54) is 0 Å². The number of rotatable bonds is 2. The van der Waals surface area contributed by atoms with E-state index in [0.717, 1.165) is 33.2 Å². The van der Waals surface area contributed by atoms with Gasteiger partial charge in [-0.1, -0.05) is 12.1 Å². The minimum absolute atomic E-state index is 0.101. The Balaban J connectivity index is 1.70. The molecule has 0 bridgehead atoms. The smallest absolute Gasteiger partial charge is 0.255 e. The van der Waals surface area contributed by atoms with Gasteiger partial charge in [0.05, 0.1) is 11.2 Å². The molecule has 23 heavy (non-hydrogen) atoms. The van der Waals surface area contributed by atoms with Crippen molar-refractivity contribution < 1.29 is 4.79 Å². The second kappa shape index (κ2) is 5.02. The van der Waals surface area contributed by atoms with Gasteiger partial charge in [-0.2, -0.15) is 0 Å². The molecular formula is C19H17N3O. The number of para-hydroxylation sites is 1. The highest BCUT2D eigenvalue weighted by atomic mass is 16.1. The molecular weight excluding hydrogens is 286 g/mol. The summed E-state index contributed by atoms with van der Waals surface area (Å²) in [5, 5.41) is 5.17. The van der Waals surface area contributed by atoms with Crippen LogP contribution in [0.3, 0.4) is 0 Å². The number of nitrogens with zero attached hydrogens (tertiary/aromatic N) is 1. The zero-order valence-corrected chi connectivity index (χ0v) is 13.1. The minimum atomic E-state index is -0.101. The van der Waals surface area contributed by atoms with Crippen LogP contribution in [0.2, 0.25) is 0 Å². The van der Waals surface area contributed by atoms with Crippen LogP contribution in [-0.4, -0.2) is 15.5 Å². The van der Waals surface area contributed by atoms with Gasteiger partial charge in [0.2, 0.25) is 0 Å². The van der Waals surface area contributed by atoms with Crippen LogP contribution in [0.25, 0.3) is 21.8 Å². The number of hydrogen-bond donors (Lipinski definition) is 2. The standard InChI is InChI=1S/C19H17N3O/c1-12-10-14-4-3-5-16(18(14)20-12)21-19(23)15-6-7-17-13(11-15)8-9-22(17)2/h3-11,20H,1-2H3,(H,21,23). The molecule has 4 nitrogen and oxygen atoms in total. The van der Waals surface area contributed by atoms with Crippen LogP contribution in [0.5, 0.6) is 0 Å². The van der Waals surface area contributed by atoms with Gasteiger partial charge in [-0.15, -0.1) is 0 Å². The molecule has 0 spiro atoms. The van der Waals surface area contributed by atoms with E-state index in [0.29, 0.717) is 5.56 Å². The zero-order valence-electron chi connectivity index (χ0n) is 13.1. The van der Waals surface area contributed by atoms with Gasteiger partial charge < -0.3 is 14.9 Å². The molecule has 0 fully saturated rings. The molecule has 114 valence electrons. The van der Waals surface area contributed by atoms with Crippen LogP contribution in [0.15, 0.2) is 54.7 Å². The third-order valence-corrected chi connectivity index (χ3v) is 4.19. The molecule has 2 aromatic heterocycles. The van der Waals surface area contributed by atoms with Gasteiger partial charge in [-0.25, -0.2) is 0 Å². The summed E-state index contributed by atoms with van der Waals surface area (Å²) in [6, 6.07) is 15.7. The predicted octanol–water partition coefficient (Wildman–Crippen LogP) is 4.22. The van der Waals surface area contributed by atoms with Crippen LogP contribution in [0.4, 0.5) is 5.69 Å². The molecule has 0 radical (unpaired) electrons. The lowest BCUT2D eigenvalue weighted by Gasteiger charge is -2.07. The van der Waals surface area contributed by atoms with Crippen molar-refractivity contribution in [3.8, 4) is 0 Å². The summed E-state index contributed by atoms with van der Waals surface area (Å²) in [5.41, 5.74) is 4.60. The third-order valence-electron chi connectivity index (χ3n) is 4.19. The average molecular weight is 303 g/mol. The number of nitrogens with one attached hydrogen (secondary N) is 2. The molecule has 0 aliphatic rings. The molecule has 4 rings (SSSR count). The van der Waals surface area contributed by atoms with Crippen molar-refractivity contribution in [2.24, 2.45) is 7.05 Å². The van der Waals surface area contributed by atoms with Crippen LogP contribution >= 0.6 is 0 Å².